The van der Waals surface area contributed by atoms with Crippen LogP contribution in [-0.4, -0.2) is 26.3 Å². The number of aryl methyl sites for hydroxylation is 1. The molecule has 0 bridgehead atoms. The fourth-order valence-electron chi connectivity index (χ4n) is 2.21. The summed E-state index contributed by atoms with van der Waals surface area (Å²) in [7, 11) is 0. The minimum absolute atomic E-state index is 0.114. The zero-order valence-corrected chi connectivity index (χ0v) is 17.0. The van der Waals surface area contributed by atoms with Crippen LogP contribution in [0, 0.1) is 6.92 Å². The van der Waals surface area contributed by atoms with Gasteiger partial charge in [0, 0.05) is 0 Å². The number of carboxylic acids is 1. The number of carboxylic acid groups (broad SMARTS) is 1. The van der Waals surface area contributed by atoms with Crippen molar-refractivity contribution in [1.82, 2.24) is 15.2 Å². The van der Waals surface area contributed by atoms with Crippen molar-refractivity contribution in [3.63, 3.8) is 0 Å². The van der Waals surface area contributed by atoms with Crippen LogP contribution in [-0.2, 0) is 11.4 Å². The van der Waals surface area contributed by atoms with Crippen molar-refractivity contribution >= 4 is 47.0 Å². The fourth-order valence-corrected chi connectivity index (χ4v) is 3.28. The Labute approximate surface area is 175 Å². The van der Waals surface area contributed by atoms with Crippen molar-refractivity contribution in [2.24, 2.45) is 0 Å². The van der Waals surface area contributed by atoms with E-state index in [1.54, 1.807) is 49.4 Å². The number of ether oxygens (including phenoxy) is 1. The highest BCUT2D eigenvalue weighted by Gasteiger charge is 2.13. The maximum atomic E-state index is 11.5. The van der Waals surface area contributed by atoms with Crippen LogP contribution in [0.25, 0.3) is 6.08 Å². The van der Waals surface area contributed by atoms with Crippen LogP contribution in [0.3, 0.4) is 0 Å². The van der Waals surface area contributed by atoms with E-state index in [0.29, 0.717) is 33.4 Å². The molecule has 1 heterocycles. The molecule has 28 heavy (non-hydrogen) atoms. The molecule has 144 valence electrons. The zero-order valence-electron chi connectivity index (χ0n) is 14.6. The molecule has 0 radical (unpaired) electrons. The molecule has 3 rings (SSSR count). The Morgan fingerprint density at radius 3 is 2.57 bits per heavy atom. The smallest absolute Gasteiger partial charge is 0.342 e. The van der Waals surface area contributed by atoms with Crippen molar-refractivity contribution in [2.45, 2.75) is 18.7 Å². The van der Waals surface area contributed by atoms with Gasteiger partial charge in [-0.25, -0.2) is 9.78 Å². The largest absolute Gasteiger partial charge is 0.489 e. The van der Waals surface area contributed by atoms with Gasteiger partial charge < -0.3 is 9.84 Å². The Balaban J connectivity index is 1.67. The molecule has 6 nitrogen and oxygen atoms in total. The number of benzene rings is 2. The van der Waals surface area contributed by atoms with E-state index in [1.165, 1.54) is 0 Å². The molecule has 0 atom stereocenters. The number of H-pyrrole nitrogens is 1. The highest BCUT2D eigenvalue weighted by Crippen LogP contribution is 2.27. The molecule has 0 unspecified atom stereocenters. The van der Waals surface area contributed by atoms with Crippen LogP contribution in [0.15, 0.2) is 52.5 Å². The number of nitrogens with one attached hydrogen (secondary N) is 1. The van der Waals surface area contributed by atoms with Crippen molar-refractivity contribution in [3.05, 3.63) is 74.4 Å². The van der Waals surface area contributed by atoms with Gasteiger partial charge in [-0.05, 0) is 60.2 Å². The number of thioether (sulfide) groups is 1. The van der Waals surface area contributed by atoms with Crippen LogP contribution >= 0.6 is 35.0 Å². The van der Waals surface area contributed by atoms with Gasteiger partial charge in [0.05, 0.1) is 10.0 Å². The normalized spacial score (nSPS) is 11.5. The minimum Gasteiger partial charge on any atom is -0.489 e. The number of carbonyl (C=O) groups is 1. The number of rotatable bonds is 7. The number of hydrogen-bond donors (Lipinski definition) is 2. The van der Waals surface area contributed by atoms with Crippen LogP contribution in [0.1, 0.15) is 17.0 Å². The number of nitrogens with zero attached hydrogens (tertiary/aromatic N) is 2. The molecule has 1 aromatic heterocycles. The monoisotopic (exact) mass is 435 g/mol. The summed E-state index contributed by atoms with van der Waals surface area (Å²) in [6, 6.07) is 12.4. The second kappa shape index (κ2) is 9.14. The van der Waals surface area contributed by atoms with Gasteiger partial charge >= 0.3 is 5.97 Å². The van der Waals surface area contributed by atoms with Gasteiger partial charge in [0.1, 0.15) is 23.1 Å². The SMILES string of the molecule is Cc1nc(S/C(=C\c2ccc(OCc3ccc(Cl)c(Cl)c3)cc2)C(=O)O)n[nH]1. The molecule has 2 N–H and O–H groups in total. The summed E-state index contributed by atoms with van der Waals surface area (Å²) < 4.78 is 5.72. The summed E-state index contributed by atoms with van der Waals surface area (Å²) in [5.74, 6) is 0.223. The molecular formula is C19H15Cl2N3O3S. The number of aliphatic carboxylic acids is 1. The van der Waals surface area contributed by atoms with Gasteiger partial charge in [-0.15, -0.1) is 5.10 Å². The van der Waals surface area contributed by atoms with Crippen molar-refractivity contribution in [1.29, 1.82) is 0 Å². The van der Waals surface area contributed by atoms with Crippen molar-refractivity contribution < 1.29 is 14.6 Å². The molecule has 0 saturated carbocycles. The third kappa shape index (κ3) is 5.51. The van der Waals surface area contributed by atoms with Gasteiger partial charge in [0.2, 0.25) is 5.16 Å². The van der Waals surface area contributed by atoms with Crippen LogP contribution in [0.2, 0.25) is 10.0 Å². The molecule has 0 aliphatic carbocycles. The molecule has 0 aliphatic heterocycles. The Hall–Kier alpha value is -2.48. The highest BCUT2D eigenvalue weighted by molar-refractivity contribution is 8.04. The topological polar surface area (TPSA) is 88.1 Å². The first kappa shape index (κ1) is 20.3. The quantitative estimate of drug-likeness (QED) is 0.390. The number of aromatic amines is 1. The van der Waals surface area contributed by atoms with E-state index in [1.807, 2.05) is 6.07 Å². The van der Waals surface area contributed by atoms with Gasteiger partial charge in [-0.1, -0.05) is 41.4 Å². The molecule has 0 saturated heterocycles. The molecule has 2 aromatic carbocycles. The molecule has 0 fully saturated rings. The molecule has 0 spiro atoms. The molecule has 0 aliphatic rings. The Morgan fingerprint density at radius 1 is 1.21 bits per heavy atom. The Morgan fingerprint density at radius 2 is 1.96 bits per heavy atom. The predicted octanol–water partition coefficient (Wildman–Crippen LogP) is 5.22. The third-order valence-corrected chi connectivity index (χ3v) is 5.17. The highest BCUT2D eigenvalue weighted by atomic mass is 35.5. The first-order chi connectivity index (χ1) is 13.4. The van der Waals surface area contributed by atoms with E-state index in [-0.39, 0.29) is 4.91 Å². The van der Waals surface area contributed by atoms with Crippen LogP contribution < -0.4 is 4.74 Å². The molecule has 3 aromatic rings. The van der Waals surface area contributed by atoms with Crippen molar-refractivity contribution in [3.8, 4) is 5.75 Å². The average Bonchev–Trinajstić information content (AvgIpc) is 3.08. The number of aromatic nitrogens is 3. The average molecular weight is 436 g/mol. The maximum Gasteiger partial charge on any atom is 0.342 e. The summed E-state index contributed by atoms with van der Waals surface area (Å²) in [6.45, 7) is 2.09. The fraction of sp³-hybridized carbons (Fsp3) is 0.105. The molecular weight excluding hydrogens is 421 g/mol. The zero-order chi connectivity index (χ0) is 20.1. The van der Waals surface area contributed by atoms with Gasteiger partial charge in [0.25, 0.3) is 0 Å². The third-order valence-electron chi connectivity index (χ3n) is 3.56. The van der Waals surface area contributed by atoms with Crippen LogP contribution in [0.5, 0.6) is 5.75 Å². The Bertz CT molecular complexity index is 1020. The number of halogens is 2. The number of hydrogen-bond acceptors (Lipinski definition) is 5. The lowest BCUT2D eigenvalue weighted by Crippen LogP contribution is -1.97. The first-order valence-corrected chi connectivity index (χ1v) is 9.66. The summed E-state index contributed by atoms with van der Waals surface area (Å²) in [6.07, 6.45) is 1.56. The van der Waals surface area contributed by atoms with Gasteiger partial charge in [0.15, 0.2) is 0 Å². The summed E-state index contributed by atoms with van der Waals surface area (Å²) >= 11 is 12.9. The lowest BCUT2D eigenvalue weighted by atomic mass is 10.2. The van der Waals surface area contributed by atoms with E-state index in [2.05, 4.69) is 15.2 Å². The second-order valence-electron chi connectivity index (χ2n) is 5.73. The summed E-state index contributed by atoms with van der Waals surface area (Å²) in [5, 5.41) is 17.4. The standard InChI is InChI=1S/C19H15Cl2N3O3S/c1-11-22-19(24-23-11)28-17(18(25)26)9-12-2-5-14(6-3-12)27-10-13-4-7-15(20)16(21)8-13/h2-9H,10H2,1H3,(H,25,26)(H,22,23,24)/b17-9-. The van der Waals surface area contributed by atoms with Crippen molar-refractivity contribution in [2.75, 3.05) is 0 Å². The summed E-state index contributed by atoms with van der Waals surface area (Å²) in [4.78, 5) is 15.7. The van der Waals surface area contributed by atoms with E-state index in [9.17, 15) is 9.90 Å². The minimum atomic E-state index is -1.05. The lowest BCUT2D eigenvalue weighted by molar-refractivity contribution is -0.131. The van der Waals surface area contributed by atoms with Gasteiger partial charge in [-0.2, -0.15) is 0 Å². The molecule has 0 amide bonds. The van der Waals surface area contributed by atoms with E-state index in [0.717, 1.165) is 22.9 Å². The van der Waals surface area contributed by atoms with Gasteiger partial charge in [-0.3, -0.25) is 5.10 Å². The first-order valence-electron chi connectivity index (χ1n) is 8.09. The lowest BCUT2D eigenvalue weighted by Gasteiger charge is -2.08. The predicted molar refractivity (Wildman–Crippen MR) is 110 cm³/mol. The molecule has 9 heteroatoms. The Kier molecular flexibility index (Phi) is 6.61. The van der Waals surface area contributed by atoms with Crippen LogP contribution in [0.4, 0.5) is 0 Å². The van der Waals surface area contributed by atoms with E-state index < -0.39 is 5.97 Å². The maximum absolute atomic E-state index is 11.5. The van der Waals surface area contributed by atoms with E-state index in [4.69, 9.17) is 27.9 Å². The van der Waals surface area contributed by atoms with E-state index >= 15 is 0 Å². The second-order valence-corrected chi connectivity index (χ2v) is 7.55. The summed E-state index contributed by atoms with van der Waals surface area (Å²) in [5.41, 5.74) is 1.61.